The van der Waals surface area contributed by atoms with Crippen LogP contribution in [0.4, 0.5) is 0 Å². The molecule has 6 nitrogen and oxygen atoms in total. The maximum atomic E-state index is 4.87. The van der Waals surface area contributed by atoms with Gasteiger partial charge < -0.3 is 15.1 Å². The SMILES string of the molecule is CCNC(=NCCCN1CCC(C)CC1)N(C)Cc1cn(C)nc1C(C)C. The molecule has 1 aromatic heterocycles. The second-order valence-electron chi connectivity index (χ2n) is 8.34. The van der Waals surface area contributed by atoms with E-state index in [0.717, 1.165) is 37.9 Å². The number of nitrogens with zero attached hydrogens (tertiary/aromatic N) is 5. The molecule has 1 aromatic rings. The summed E-state index contributed by atoms with van der Waals surface area (Å²) in [6, 6.07) is 0. The Morgan fingerprint density at radius 2 is 2.07 bits per heavy atom. The number of aliphatic imine (C=N–C) groups is 1. The van der Waals surface area contributed by atoms with Gasteiger partial charge in [-0.05, 0) is 57.7 Å². The number of piperidine rings is 1. The van der Waals surface area contributed by atoms with Crippen molar-refractivity contribution in [3.05, 3.63) is 17.5 Å². The molecule has 0 aromatic carbocycles. The smallest absolute Gasteiger partial charge is 0.193 e. The highest BCUT2D eigenvalue weighted by Gasteiger charge is 2.16. The van der Waals surface area contributed by atoms with Gasteiger partial charge in [-0.3, -0.25) is 9.67 Å². The Morgan fingerprint density at radius 1 is 1.37 bits per heavy atom. The first-order chi connectivity index (χ1) is 12.9. The van der Waals surface area contributed by atoms with Gasteiger partial charge >= 0.3 is 0 Å². The number of guanidine groups is 1. The van der Waals surface area contributed by atoms with Crippen LogP contribution in [-0.2, 0) is 13.6 Å². The monoisotopic (exact) mass is 376 g/mol. The molecule has 0 atom stereocenters. The molecule has 0 radical (unpaired) electrons. The summed E-state index contributed by atoms with van der Waals surface area (Å²) in [7, 11) is 4.11. The molecule has 1 saturated heterocycles. The van der Waals surface area contributed by atoms with Crippen LogP contribution < -0.4 is 5.32 Å². The Bertz CT molecular complexity index is 583. The van der Waals surface area contributed by atoms with Gasteiger partial charge in [0.25, 0.3) is 0 Å². The Labute approximate surface area is 166 Å². The number of aromatic nitrogens is 2. The number of rotatable bonds is 8. The van der Waals surface area contributed by atoms with E-state index in [1.54, 1.807) is 0 Å². The van der Waals surface area contributed by atoms with E-state index in [4.69, 9.17) is 4.99 Å². The number of hydrogen-bond acceptors (Lipinski definition) is 3. The van der Waals surface area contributed by atoms with Crippen LogP contribution in [0.2, 0.25) is 0 Å². The van der Waals surface area contributed by atoms with Crippen LogP contribution >= 0.6 is 0 Å². The topological polar surface area (TPSA) is 48.7 Å². The van der Waals surface area contributed by atoms with Crippen molar-refractivity contribution in [2.45, 2.75) is 59.4 Å². The molecule has 0 bridgehead atoms. The zero-order valence-electron chi connectivity index (χ0n) is 18.3. The summed E-state index contributed by atoms with van der Waals surface area (Å²) in [5, 5.41) is 8.06. The summed E-state index contributed by atoms with van der Waals surface area (Å²) in [6.45, 7) is 15.2. The lowest BCUT2D eigenvalue weighted by molar-refractivity contribution is 0.191. The van der Waals surface area contributed by atoms with E-state index in [-0.39, 0.29) is 0 Å². The van der Waals surface area contributed by atoms with E-state index in [1.807, 2.05) is 11.7 Å². The third-order valence-corrected chi connectivity index (χ3v) is 5.36. The largest absolute Gasteiger partial charge is 0.357 e. The molecule has 0 aliphatic carbocycles. The molecule has 2 heterocycles. The number of likely N-dealkylation sites (tertiary alicyclic amines) is 1. The van der Waals surface area contributed by atoms with Crippen molar-refractivity contribution in [1.82, 2.24) is 24.9 Å². The van der Waals surface area contributed by atoms with Gasteiger partial charge in [0.1, 0.15) is 0 Å². The van der Waals surface area contributed by atoms with Crippen molar-refractivity contribution >= 4 is 5.96 Å². The molecule has 0 amide bonds. The summed E-state index contributed by atoms with van der Waals surface area (Å²) in [5.74, 6) is 2.32. The van der Waals surface area contributed by atoms with Gasteiger partial charge in [-0.1, -0.05) is 20.8 Å². The summed E-state index contributed by atoms with van der Waals surface area (Å²) in [5.41, 5.74) is 2.46. The molecule has 6 heteroatoms. The fraction of sp³-hybridized carbons (Fsp3) is 0.810. The first-order valence-electron chi connectivity index (χ1n) is 10.6. The second kappa shape index (κ2) is 10.7. The lowest BCUT2D eigenvalue weighted by Gasteiger charge is -2.30. The second-order valence-corrected chi connectivity index (χ2v) is 8.34. The maximum Gasteiger partial charge on any atom is 0.193 e. The molecule has 2 rings (SSSR count). The number of aryl methyl sites for hydroxylation is 1. The zero-order chi connectivity index (χ0) is 19.8. The predicted molar refractivity (Wildman–Crippen MR) is 114 cm³/mol. The molecule has 0 spiro atoms. The van der Waals surface area contributed by atoms with Crippen LogP contribution in [0.5, 0.6) is 0 Å². The highest BCUT2D eigenvalue weighted by Crippen LogP contribution is 2.19. The minimum atomic E-state index is 0.432. The molecule has 0 unspecified atom stereocenters. The molecule has 1 aliphatic rings. The van der Waals surface area contributed by atoms with Crippen molar-refractivity contribution in [3.63, 3.8) is 0 Å². The molecule has 1 N–H and O–H groups in total. The van der Waals surface area contributed by atoms with Crippen LogP contribution in [-0.4, -0.2) is 65.3 Å². The lowest BCUT2D eigenvalue weighted by atomic mass is 9.99. The van der Waals surface area contributed by atoms with E-state index >= 15 is 0 Å². The highest BCUT2D eigenvalue weighted by molar-refractivity contribution is 5.79. The van der Waals surface area contributed by atoms with E-state index in [1.165, 1.54) is 43.7 Å². The summed E-state index contributed by atoms with van der Waals surface area (Å²) >= 11 is 0. The summed E-state index contributed by atoms with van der Waals surface area (Å²) in [4.78, 5) is 9.68. The Balaban J connectivity index is 1.88. The fourth-order valence-corrected chi connectivity index (χ4v) is 3.73. The zero-order valence-corrected chi connectivity index (χ0v) is 18.3. The quantitative estimate of drug-likeness (QED) is 0.430. The van der Waals surface area contributed by atoms with Gasteiger partial charge in [-0.2, -0.15) is 5.10 Å². The standard InChI is InChI=1S/C21H40N6/c1-7-22-21(23-11-8-12-27-13-9-18(4)10-14-27)25(5)15-19-16-26(6)24-20(19)17(2)3/h16-18H,7-15H2,1-6H3,(H,22,23). The van der Waals surface area contributed by atoms with Crippen molar-refractivity contribution in [3.8, 4) is 0 Å². The number of hydrogen-bond donors (Lipinski definition) is 1. The minimum Gasteiger partial charge on any atom is -0.357 e. The van der Waals surface area contributed by atoms with E-state index < -0.39 is 0 Å². The van der Waals surface area contributed by atoms with Crippen LogP contribution in [0.3, 0.4) is 0 Å². The summed E-state index contributed by atoms with van der Waals surface area (Å²) < 4.78 is 1.92. The first kappa shape index (κ1) is 21.7. The lowest BCUT2D eigenvalue weighted by Crippen LogP contribution is -2.39. The van der Waals surface area contributed by atoms with Gasteiger partial charge in [-0.15, -0.1) is 0 Å². The van der Waals surface area contributed by atoms with Gasteiger partial charge in [0.15, 0.2) is 5.96 Å². The Morgan fingerprint density at radius 3 is 2.70 bits per heavy atom. The first-order valence-corrected chi connectivity index (χ1v) is 10.6. The van der Waals surface area contributed by atoms with Crippen molar-refractivity contribution < 1.29 is 0 Å². The van der Waals surface area contributed by atoms with Crippen LogP contribution in [0, 0.1) is 5.92 Å². The van der Waals surface area contributed by atoms with Crippen molar-refractivity contribution in [2.75, 3.05) is 39.8 Å². The van der Waals surface area contributed by atoms with Crippen LogP contribution in [0.25, 0.3) is 0 Å². The van der Waals surface area contributed by atoms with Crippen LogP contribution in [0.1, 0.15) is 64.1 Å². The number of nitrogens with one attached hydrogen (secondary N) is 1. The van der Waals surface area contributed by atoms with E-state index in [2.05, 4.69) is 61.2 Å². The Kier molecular flexibility index (Phi) is 8.61. The molecule has 154 valence electrons. The van der Waals surface area contributed by atoms with E-state index in [9.17, 15) is 0 Å². The van der Waals surface area contributed by atoms with E-state index in [0.29, 0.717) is 5.92 Å². The molecule has 0 saturated carbocycles. The minimum absolute atomic E-state index is 0.432. The van der Waals surface area contributed by atoms with Crippen molar-refractivity contribution in [2.24, 2.45) is 18.0 Å². The molecule has 27 heavy (non-hydrogen) atoms. The molecular weight excluding hydrogens is 336 g/mol. The predicted octanol–water partition coefficient (Wildman–Crippen LogP) is 3.06. The molecule has 1 aliphatic heterocycles. The average molecular weight is 377 g/mol. The van der Waals surface area contributed by atoms with Gasteiger partial charge in [0.05, 0.1) is 5.69 Å². The third kappa shape index (κ3) is 6.83. The normalized spacial score (nSPS) is 16.9. The fourth-order valence-electron chi connectivity index (χ4n) is 3.73. The van der Waals surface area contributed by atoms with Gasteiger partial charge in [-0.25, -0.2) is 0 Å². The Hall–Kier alpha value is -1.56. The molecular formula is C21H40N6. The highest BCUT2D eigenvalue weighted by atomic mass is 15.3. The van der Waals surface area contributed by atoms with Gasteiger partial charge in [0, 0.05) is 45.5 Å². The van der Waals surface area contributed by atoms with Crippen molar-refractivity contribution in [1.29, 1.82) is 0 Å². The molecule has 1 fully saturated rings. The maximum absolute atomic E-state index is 4.87. The third-order valence-electron chi connectivity index (χ3n) is 5.36. The van der Waals surface area contributed by atoms with Crippen LogP contribution in [0.15, 0.2) is 11.2 Å². The average Bonchev–Trinajstić information content (AvgIpc) is 2.99. The van der Waals surface area contributed by atoms with Gasteiger partial charge in [0.2, 0.25) is 0 Å². The summed E-state index contributed by atoms with van der Waals surface area (Å²) in [6.07, 6.45) is 5.95.